The summed E-state index contributed by atoms with van der Waals surface area (Å²) in [7, 11) is 1.88. The smallest absolute Gasteiger partial charge is 0.161 e. The monoisotopic (exact) mass is 387 g/mol. The molecular weight excluding hydrogens is 373 g/mol. The minimum Gasteiger partial charge on any atom is -0.372 e. The lowest BCUT2D eigenvalue weighted by molar-refractivity contribution is 0.868. The summed E-state index contributed by atoms with van der Waals surface area (Å²) in [4.78, 5) is 9.23. The van der Waals surface area contributed by atoms with E-state index in [1.54, 1.807) is 0 Å². The van der Waals surface area contributed by atoms with Gasteiger partial charge in [0, 0.05) is 17.6 Å². The molecule has 0 bridgehead atoms. The zero-order valence-electron chi connectivity index (χ0n) is 10.9. The van der Waals surface area contributed by atoms with Crippen molar-refractivity contribution in [3.05, 3.63) is 38.6 Å². The molecule has 0 aliphatic carbocycles. The number of rotatable bonds is 4. The highest BCUT2D eigenvalue weighted by molar-refractivity contribution is 14.1. The highest BCUT2D eigenvalue weighted by Gasteiger charge is 2.11. The molecular formula is C14H15ClIN3. The predicted octanol–water partition coefficient (Wildman–Crippen LogP) is 4.40. The van der Waals surface area contributed by atoms with Crippen molar-refractivity contribution >= 4 is 40.0 Å². The number of nitrogens with one attached hydrogen (secondary N) is 1. The molecule has 0 fully saturated rings. The second-order valence-electron chi connectivity index (χ2n) is 4.16. The van der Waals surface area contributed by atoms with Crippen LogP contribution >= 0.6 is 34.2 Å². The Hall–Kier alpha value is -0.880. The Bertz CT molecular complexity index is 570. The summed E-state index contributed by atoms with van der Waals surface area (Å²) in [5, 5.41) is 3.85. The molecule has 2 rings (SSSR count). The summed E-state index contributed by atoms with van der Waals surface area (Å²) >= 11 is 8.21. The van der Waals surface area contributed by atoms with Gasteiger partial charge in [-0.1, -0.05) is 24.9 Å². The molecule has 5 heteroatoms. The van der Waals surface area contributed by atoms with E-state index >= 15 is 0 Å². The summed E-state index contributed by atoms with van der Waals surface area (Å²) in [5.74, 6) is 1.62. The van der Waals surface area contributed by atoms with E-state index in [-0.39, 0.29) is 0 Å². The van der Waals surface area contributed by atoms with Gasteiger partial charge < -0.3 is 5.32 Å². The Morgan fingerprint density at radius 2 is 1.89 bits per heavy atom. The molecule has 1 heterocycles. The Balaban J connectivity index is 2.51. The van der Waals surface area contributed by atoms with E-state index < -0.39 is 0 Å². The van der Waals surface area contributed by atoms with Gasteiger partial charge in [-0.25, -0.2) is 9.97 Å². The summed E-state index contributed by atoms with van der Waals surface area (Å²) < 4.78 is 1.10. The fraction of sp³-hybridized carbons (Fsp3) is 0.286. The van der Waals surface area contributed by atoms with Crippen LogP contribution < -0.4 is 5.32 Å². The van der Waals surface area contributed by atoms with Crippen LogP contribution in [0.3, 0.4) is 0 Å². The second kappa shape index (κ2) is 6.52. The standard InChI is InChI=1S/C14H15ClIN3/c1-3-4-11-12(16)14(17-2)19-13(18-11)9-5-7-10(15)8-6-9/h5-8H,3-4H2,1-2H3,(H,17,18,19). The van der Waals surface area contributed by atoms with Crippen molar-refractivity contribution in [3.63, 3.8) is 0 Å². The van der Waals surface area contributed by atoms with Crippen LogP contribution in [0.15, 0.2) is 24.3 Å². The van der Waals surface area contributed by atoms with Gasteiger partial charge >= 0.3 is 0 Å². The van der Waals surface area contributed by atoms with Crippen molar-refractivity contribution in [2.75, 3.05) is 12.4 Å². The summed E-state index contributed by atoms with van der Waals surface area (Å²) in [6, 6.07) is 7.60. The third kappa shape index (κ3) is 3.36. The van der Waals surface area contributed by atoms with Crippen molar-refractivity contribution in [2.45, 2.75) is 19.8 Å². The molecule has 1 aromatic heterocycles. The lowest BCUT2D eigenvalue weighted by Crippen LogP contribution is -2.05. The fourth-order valence-corrected chi connectivity index (χ4v) is 2.70. The van der Waals surface area contributed by atoms with Crippen LogP contribution in [0.4, 0.5) is 5.82 Å². The van der Waals surface area contributed by atoms with Crippen LogP contribution in [0.2, 0.25) is 5.02 Å². The van der Waals surface area contributed by atoms with Gasteiger partial charge in [0.1, 0.15) is 5.82 Å². The molecule has 0 saturated carbocycles. The number of hydrogen-bond acceptors (Lipinski definition) is 3. The molecule has 0 atom stereocenters. The highest BCUT2D eigenvalue weighted by Crippen LogP contribution is 2.25. The van der Waals surface area contributed by atoms with E-state index in [2.05, 4.69) is 44.8 Å². The lowest BCUT2D eigenvalue weighted by Gasteiger charge is -2.10. The minimum absolute atomic E-state index is 0.719. The molecule has 0 amide bonds. The minimum atomic E-state index is 0.719. The average molecular weight is 388 g/mol. The number of hydrogen-bond donors (Lipinski definition) is 1. The van der Waals surface area contributed by atoms with Crippen LogP contribution in [0.25, 0.3) is 11.4 Å². The van der Waals surface area contributed by atoms with E-state index in [0.717, 1.165) is 44.3 Å². The van der Waals surface area contributed by atoms with Crippen molar-refractivity contribution in [2.24, 2.45) is 0 Å². The Morgan fingerprint density at radius 1 is 1.21 bits per heavy atom. The number of halogens is 2. The third-order valence-corrected chi connectivity index (χ3v) is 4.13. The molecule has 0 unspecified atom stereocenters. The Morgan fingerprint density at radius 3 is 2.47 bits per heavy atom. The van der Waals surface area contributed by atoms with Crippen LogP contribution in [0.5, 0.6) is 0 Å². The first-order chi connectivity index (χ1) is 9.15. The summed E-state index contributed by atoms with van der Waals surface area (Å²) in [5.41, 5.74) is 2.07. The number of benzene rings is 1. The van der Waals surface area contributed by atoms with Gasteiger partial charge in [0.05, 0.1) is 9.26 Å². The van der Waals surface area contributed by atoms with Crippen molar-refractivity contribution < 1.29 is 0 Å². The van der Waals surface area contributed by atoms with E-state index in [4.69, 9.17) is 11.6 Å². The average Bonchev–Trinajstić information content (AvgIpc) is 2.42. The van der Waals surface area contributed by atoms with E-state index in [9.17, 15) is 0 Å². The normalized spacial score (nSPS) is 10.5. The van der Waals surface area contributed by atoms with E-state index in [1.807, 2.05) is 31.3 Å². The maximum absolute atomic E-state index is 5.91. The Labute approximate surface area is 132 Å². The van der Waals surface area contributed by atoms with Crippen LogP contribution in [0.1, 0.15) is 19.0 Å². The predicted molar refractivity (Wildman–Crippen MR) is 88.7 cm³/mol. The summed E-state index contributed by atoms with van der Waals surface area (Å²) in [6.07, 6.45) is 2.02. The number of aromatic nitrogens is 2. The third-order valence-electron chi connectivity index (χ3n) is 2.75. The zero-order valence-corrected chi connectivity index (χ0v) is 13.8. The fourth-order valence-electron chi connectivity index (χ4n) is 1.79. The second-order valence-corrected chi connectivity index (χ2v) is 5.68. The molecule has 19 heavy (non-hydrogen) atoms. The van der Waals surface area contributed by atoms with E-state index in [0.29, 0.717) is 0 Å². The van der Waals surface area contributed by atoms with Crippen LogP contribution in [0, 0.1) is 3.57 Å². The van der Waals surface area contributed by atoms with Crippen LogP contribution in [-0.2, 0) is 6.42 Å². The highest BCUT2D eigenvalue weighted by atomic mass is 127. The van der Waals surface area contributed by atoms with Gasteiger partial charge in [-0.05, 0) is 53.3 Å². The quantitative estimate of drug-likeness (QED) is 0.790. The van der Waals surface area contributed by atoms with Gasteiger partial charge in [-0.3, -0.25) is 0 Å². The first-order valence-electron chi connectivity index (χ1n) is 6.15. The maximum Gasteiger partial charge on any atom is 0.161 e. The number of nitrogens with zero attached hydrogens (tertiary/aromatic N) is 2. The maximum atomic E-state index is 5.91. The molecule has 1 aromatic carbocycles. The van der Waals surface area contributed by atoms with Crippen molar-refractivity contribution in [1.82, 2.24) is 9.97 Å². The van der Waals surface area contributed by atoms with Crippen molar-refractivity contribution in [3.8, 4) is 11.4 Å². The van der Waals surface area contributed by atoms with E-state index in [1.165, 1.54) is 0 Å². The molecule has 1 N–H and O–H groups in total. The zero-order chi connectivity index (χ0) is 13.8. The number of anilines is 1. The molecule has 0 radical (unpaired) electrons. The molecule has 2 aromatic rings. The lowest BCUT2D eigenvalue weighted by atomic mass is 10.2. The van der Waals surface area contributed by atoms with Crippen molar-refractivity contribution in [1.29, 1.82) is 0 Å². The number of aryl methyl sites for hydroxylation is 1. The largest absolute Gasteiger partial charge is 0.372 e. The first kappa shape index (κ1) is 14.5. The van der Waals surface area contributed by atoms with Gasteiger partial charge in [0.2, 0.25) is 0 Å². The molecule has 3 nitrogen and oxygen atoms in total. The molecule has 0 aliphatic rings. The van der Waals surface area contributed by atoms with Gasteiger partial charge in [0.15, 0.2) is 5.82 Å². The molecule has 0 spiro atoms. The molecule has 100 valence electrons. The van der Waals surface area contributed by atoms with Gasteiger partial charge in [0.25, 0.3) is 0 Å². The summed E-state index contributed by atoms with van der Waals surface area (Å²) in [6.45, 7) is 2.15. The molecule has 0 saturated heterocycles. The van der Waals surface area contributed by atoms with Crippen LogP contribution in [-0.4, -0.2) is 17.0 Å². The molecule has 0 aliphatic heterocycles. The Kier molecular flexibility index (Phi) is 4.99. The first-order valence-corrected chi connectivity index (χ1v) is 7.61. The van der Waals surface area contributed by atoms with Gasteiger partial charge in [-0.2, -0.15) is 0 Å². The topological polar surface area (TPSA) is 37.8 Å². The SMILES string of the molecule is CCCc1nc(-c2ccc(Cl)cc2)nc(NC)c1I. The van der Waals surface area contributed by atoms with Gasteiger partial charge in [-0.15, -0.1) is 0 Å².